The van der Waals surface area contributed by atoms with E-state index in [4.69, 9.17) is 14.6 Å². The standard InChI is InChI=1S/C27H37N3O5/c1-20-25(27(33)30(28(20)2)22-12-7-6-8-13-22)21-18-23(35-24(19-21)34-17-11-16-31)26(32)29-14-9-4-3-5-10-15-29/h6-8,12-13,18,21,24,31H,3-5,9-11,14-17,19H2,1-2H3/t21-,24+/m1/s1. The van der Waals surface area contributed by atoms with Crippen molar-refractivity contribution >= 4 is 5.91 Å². The van der Waals surface area contributed by atoms with Gasteiger partial charge >= 0.3 is 0 Å². The van der Waals surface area contributed by atoms with E-state index in [9.17, 15) is 9.59 Å². The van der Waals surface area contributed by atoms with E-state index in [0.717, 1.165) is 37.1 Å². The zero-order chi connectivity index (χ0) is 24.8. The summed E-state index contributed by atoms with van der Waals surface area (Å²) in [5.41, 5.74) is 2.17. The predicted octanol–water partition coefficient (Wildman–Crippen LogP) is 3.39. The van der Waals surface area contributed by atoms with Gasteiger partial charge in [-0.1, -0.05) is 37.5 Å². The van der Waals surface area contributed by atoms with E-state index in [2.05, 4.69) is 0 Å². The summed E-state index contributed by atoms with van der Waals surface area (Å²) in [6.07, 6.45) is 7.50. The number of nitrogens with zero attached hydrogens (tertiary/aromatic N) is 3. The minimum absolute atomic E-state index is 0.0190. The molecule has 1 aromatic carbocycles. The van der Waals surface area contributed by atoms with Gasteiger partial charge in [0.15, 0.2) is 5.76 Å². The van der Waals surface area contributed by atoms with Crippen molar-refractivity contribution in [3.05, 3.63) is 63.8 Å². The van der Waals surface area contributed by atoms with Crippen molar-refractivity contribution in [1.82, 2.24) is 14.3 Å². The molecule has 1 amide bonds. The van der Waals surface area contributed by atoms with Gasteiger partial charge in [-0.2, -0.15) is 0 Å². The minimum Gasteiger partial charge on any atom is -0.459 e. The predicted molar refractivity (Wildman–Crippen MR) is 133 cm³/mol. The molecule has 0 spiro atoms. The Kier molecular flexibility index (Phi) is 8.46. The highest BCUT2D eigenvalue weighted by Crippen LogP contribution is 2.33. The van der Waals surface area contributed by atoms with Crippen LogP contribution in [0, 0.1) is 6.92 Å². The van der Waals surface area contributed by atoms with Crippen molar-refractivity contribution < 1.29 is 19.4 Å². The Morgan fingerprint density at radius 3 is 2.49 bits per heavy atom. The topological polar surface area (TPSA) is 85.9 Å². The lowest BCUT2D eigenvalue weighted by atomic mass is 9.93. The molecule has 0 radical (unpaired) electrons. The van der Waals surface area contributed by atoms with Crippen molar-refractivity contribution in [2.24, 2.45) is 7.05 Å². The number of hydrogen-bond donors (Lipinski definition) is 1. The fourth-order valence-electron chi connectivity index (χ4n) is 5.01. The van der Waals surface area contributed by atoms with E-state index >= 15 is 0 Å². The molecule has 0 saturated carbocycles. The molecule has 1 saturated heterocycles. The molecule has 35 heavy (non-hydrogen) atoms. The molecular weight excluding hydrogens is 446 g/mol. The van der Waals surface area contributed by atoms with E-state index in [1.54, 1.807) is 4.68 Å². The molecule has 8 heteroatoms. The zero-order valence-electron chi connectivity index (χ0n) is 20.8. The summed E-state index contributed by atoms with van der Waals surface area (Å²) in [4.78, 5) is 29.0. The number of aromatic nitrogens is 2. The summed E-state index contributed by atoms with van der Waals surface area (Å²) >= 11 is 0. The molecule has 2 atom stereocenters. The van der Waals surface area contributed by atoms with Gasteiger partial charge in [0, 0.05) is 50.3 Å². The van der Waals surface area contributed by atoms with Crippen LogP contribution >= 0.6 is 0 Å². The van der Waals surface area contributed by atoms with Crippen molar-refractivity contribution in [3.8, 4) is 5.69 Å². The van der Waals surface area contributed by atoms with Crippen LogP contribution in [0.4, 0.5) is 0 Å². The largest absolute Gasteiger partial charge is 0.459 e. The fourth-order valence-corrected chi connectivity index (χ4v) is 5.01. The van der Waals surface area contributed by atoms with Crippen LogP contribution in [0.25, 0.3) is 5.69 Å². The molecule has 8 nitrogen and oxygen atoms in total. The highest BCUT2D eigenvalue weighted by Gasteiger charge is 2.34. The first kappa shape index (κ1) is 25.3. The maximum atomic E-state index is 13.6. The van der Waals surface area contributed by atoms with Crippen molar-refractivity contribution in [2.45, 2.75) is 64.1 Å². The third-order valence-corrected chi connectivity index (χ3v) is 6.99. The van der Waals surface area contributed by atoms with Gasteiger partial charge in [-0.3, -0.25) is 14.3 Å². The van der Waals surface area contributed by atoms with E-state index in [1.807, 2.05) is 60.0 Å². The van der Waals surface area contributed by atoms with Crippen LogP contribution in [0.3, 0.4) is 0 Å². The lowest BCUT2D eigenvalue weighted by molar-refractivity contribution is -0.153. The number of benzene rings is 1. The maximum absolute atomic E-state index is 13.6. The van der Waals surface area contributed by atoms with Crippen LogP contribution in [-0.4, -0.2) is 57.9 Å². The number of rotatable bonds is 7. The molecular formula is C27H37N3O5. The Morgan fingerprint density at radius 2 is 1.80 bits per heavy atom. The summed E-state index contributed by atoms with van der Waals surface area (Å²) in [6.45, 7) is 3.70. The first-order valence-corrected chi connectivity index (χ1v) is 12.8. The number of ether oxygens (including phenoxy) is 2. The molecule has 0 bridgehead atoms. The molecule has 1 N–H and O–H groups in total. The Morgan fingerprint density at radius 1 is 1.11 bits per heavy atom. The van der Waals surface area contributed by atoms with Gasteiger partial charge < -0.3 is 19.5 Å². The maximum Gasteiger partial charge on any atom is 0.288 e. The van der Waals surface area contributed by atoms with Gasteiger partial charge in [0.1, 0.15) is 0 Å². The van der Waals surface area contributed by atoms with Crippen LogP contribution in [0.5, 0.6) is 0 Å². The molecule has 190 valence electrons. The SMILES string of the molecule is Cc1c([C@@H]2C=C(C(=O)N3CCCCCCC3)O[C@H](OCCCO)C2)c(=O)n(-c2ccccc2)n1C. The van der Waals surface area contributed by atoms with Crippen molar-refractivity contribution in [1.29, 1.82) is 0 Å². The van der Waals surface area contributed by atoms with Gasteiger partial charge in [-0.25, -0.2) is 4.68 Å². The summed E-state index contributed by atoms with van der Waals surface area (Å²) in [5, 5.41) is 9.16. The number of para-hydroxylation sites is 1. The quantitative estimate of drug-likeness (QED) is 0.610. The number of allylic oxidation sites excluding steroid dienone is 1. The summed E-state index contributed by atoms with van der Waals surface area (Å²) in [7, 11) is 1.87. The molecule has 4 rings (SSSR count). The normalized spacial score (nSPS) is 21.1. The van der Waals surface area contributed by atoms with Crippen LogP contribution in [0.2, 0.25) is 0 Å². The Hall–Kier alpha value is -2.84. The van der Waals surface area contributed by atoms with Crippen LogP contribution in [0.1, 0.15) is 62.1 Å². The number of amides is 1. The van der Waals surface area contributed by atoms with Crippen molar-refractivity contribution in [3.63, 3.8) is 0 Å². The number of aliphatic hydroxyl groups excluding tert-OH is 1. The molecule has 1 fully saturated rings. The minimum atomic E-state index is -0.658. The first-order valence-electron chi connectivity index (χ1n) is 12.8. The lowest BCUT2D eigenvalue weighted by Gasteiger charge is -2.32. The van der Waals surface area contributed by atoms with Gasteiger partial charge in [0.25, 0.3) is 11.5 Å². The first-order chi connectivity index (χ1) is 17.0. The molecule has 0 aliphatic carbocycles. The molecule has 2 aromatic rings. The summed E-state index contributed by atoms with van der Waals surface area (Å²) in [5.74, 6) is -0.200. The number of carbonyl (C=O) groups is 1. The monoisotopic (exact) mass is 483 g/mol. The fraction of sp³-hybridized carbons (Fsp3) is 0.556. The second-order valence-corrected chi connectivity index (χ2v) is 9.40. The Balaban J connectivity index is 1.68. The third-order valence-electron chi connectivity index (χ3n) is 6.99. The summed E-state index contributed by atoms with van der Waals surface area (Å²) in [6, 6.07) is 9.54. The highest BCUT2D eigenvalue weighted by molar-refractivity contribution is 5.91. The molecule has 2 aliphatic heterocycles. The van der Waals surface area contributed by atoms with Crippen LogP contribution in [-0.2, 0) is 21.3 Å². The number of hydrogen-bond acceptors (Lipinski definition) is 5. The Bertz CT molecular complexity index is 1080. The lowest BCUT2D eigenvalue weighted by Crippen LogP contribution is -2.38. The molecule has 2 aliphatic rings. The number of aliphatic hydroxyl groups is 1. The zero-order valence-corrected chi connectivity index (χ0v) is 20.8. The highest BCUT2D eigenvalue weighted by atomic mass is 16.7. The number of likely N-dealkylation sites (tertiary alicyclic amines) is 1. The molecule has 3 heterocycles. The molecule has 0 unspecified atom stereocenters. The van der Waals surface area contributed by atoms with Gasteiger partial charge in [-0.15, -0.1) is 0 Å². The summed E-state index contributed by atoms with van der Waals surface area (Å²) < 4.78 is 15.4. The van der Waals surface area contributed by atoms with Crippen LogP contribution in [0.15, 0.2) is 47.0 Å². The molecule has 1 aromatic heterocycles. The van der Waals surface area contributed by atoms with Gasteiger partial charge in [-0.05, 0) is 44.4 Å². The van der Waals surface area contributed by atoms with E-state index < -0.39 is 6.29 Å². The van der Waals surface area contributed by atoms with Crippen LogP contribution < -0.4 is 5.56 Å². The van der Waals surface area contributed by atoms with E-state index in [1.165, 1.54) is 6.42 Å². The smallest absolute Gasteiger partial charge is 0.288 e. The average molecular weight is 484 g/mol. The van der Waals surface area contributed by atoms with E-state index in [-0.39, 0.29) is 29.8 Å². The second kappa shape index (κ2) is 11.7. The van der Waals surface area contributed by atoms with E-state index in [0.29, 0.717) is 38.1 Å². The van der Waals surface area contributed by atoms with Crippen molar-refractivity contribution in [2.75, 3.05) is 26.3 Å². The Labute approximate surface area is 206 Å². The van der Waals surface area contributed by atoms with Gasteiger partial charge in [0.2, 0.25) is 6.29 Å². The average Bonchev–Trinajstić information content (AvgIpc) is 3.07. The third kappa shape index (κ3) is 5.70. The second-order valence-electron chi connectivity index (χ2n) is 9.40. The number of carbonyl (C=O) groups excluding carboxylic acids is 1. The van der Waals surface area contributed by atoms with Gasteiger partial charge in [0.05, 0.1) is 12.3 Å².